The van der Waals surface area contributed by atoms with Gasteiger partial charge in [-0.05, 0) is 102 Å². The van der Waals surface area contributed by atoms with Gasteiger partial charge >= 0.3 is 18.2 Å². The molecule has 6 amide bonds. The first-order chi connectivity index (χ1) is 27.0. The molecule has 0 radical (unpaired) electrons. The molecule has 4 atom stereocenters. The quantitative estimate of drug-likeness (QED) is 0.105. The third-order valence-electron chi connectivity index (χ3n) is 8.28. The molecule has 16 nitrogen and oxygen atoms in total. The van der Waals surface area contributed by atoms with E-state index < -0.39 is 90.2 Å². The van der Waals surface area contributed by atoms with Crippen LogP contribution in [0.2, 0.25) is 0 Å². The fraction of sp³-hybridized carbons (Fsp3) is 0.548. The number of aliphatic carboxylic acids is 1. The van der Waals surface area contributed by atoms with E-state index in [9.17, 15) is 38.7 Å². The van der Waals surface area contributed by atoms with E-state index in [-0.39, 0.29) is 17.9 Å². The van der Waals surface area contributed by atoms with Crippen molar-refractivity contribution < 1.29 is 48.1 Å². The summed E-state index contributed by atoms with van der Waals surface area (Å²) >= 11 is 0. The van der Waals surface area contributed by atoms with E-state index in [1.165, 1.54) is 12.5 Å². The summed E-state index contributed by atoms with van der Waals surface area (Å²) in [5.41, 5.74) is 1.50. The summed E-state index contributed by atoms with van der Waals surface area (Å²) < 4.78 is 10.6. The summed E-state index contributed by atoms with van der Waals surface area (Å²) in [5, 5.41) is 24.4. The molecule has 0 fully saturated rings. The van der Waals surface area contributed by atoms with Gasteiger partial charge in [-0.15, -0.1) is 0 Å². The van der Waals surface area contributed by atoms with E-state index in [4.69, 9.17) is 9.47 Å². The SMILES string of the molecule is CCCCc1ccc(-c2ccc(C(=O)N[C@@H](CNC(=O)OC(C)(C)C)C(=O)N[C@@H](CNC(=O)OC(C)(C)C)C(=O)N[C@@H](C)C(=O)N[C@@H](CC(C)C)C(=O)O)cc2)cc1. The largest absolute Gasteiger partial charge is 0.480 e. The van der Waals surface area contributed by atoms with E-state index in [2.05, 4.69) is 51.0 Å². The fourth-order valence-electron chi connectivity index (χ4n) is 5.36. The van der Waals surface area contributed by atoms with Gasteiger partial charge in [0.1, 0.15) is 35.4 Å². The molecule has 320 valence electrons. The summed E-state index contributed by atoms with van der Waals surface area (Å²) in [7, 11) is 0. The number of benzene rings is 2. The summed E-state index contributed by atoms with van der Waals surface area (Å²) in [5.74, 6) is -4.63. The first kappa shape index (κ1) is 48.5. The van der Waals surface area contributed by atoms with Crippen LogP contribution < -0.4 is 31.9 Å². The molecule has 0 aromatic heterocycles. The molecule has 16 heteroatoms. The number of carbonyl (C=O) groups excluding carboxylic acids is 6. The molecule has 0 saturated heterocycles. The number of alkyl carbamates (subject to hydrolysis) is 2. The van der Waals surface area contributed by atoms with Crippen LogP contribution in [0, 0.1) is 5.92 Å². The van der Waals surface area contributed by atoms with Crippen molar-refractivity contribution in [2.24, 2.45) is 5.92 Å². The first-order valence-electron chi connectivity index (χ1n) is 19.6. The van der Waals surface area contributed by atoms with Crippen molar-refractivity contribution in [3.05, 3.63) is 59.7 Å². The Kier molecular flexibility index (Phi) is 18.7. The molecular formula is C42H62N6O10. The minimum absolute atomic E-state index is 0.0551. The molecule has 0 spiro atoms. The minimum Gasteiger partial charge on any atom is -0.480 e. The number of carbonyl (C=O) groups is 7. The van der Waals surface area contributed by atoms with Gasteiger partial charge in [-0.1, -0.05) is 63.6 Å². The Balaban J connectivity index is 2.34. The number of unbranched alkanes of at least 4 members (excludes halogenated alkanes) is 1. The van der Waals surface area contributed by atoms with Crippen LogP contribution >= 0.6 is 0 Å². The molecular weight excluding hydrogens is 748 g/mol. The lowest BCUT2D eigenvalue weighted by Gasteiger charge is -2.26. The van der Waals surface area contributed by atoms with Crippen LogP contribution in [0.1, 0.15) is 104 Å². The van der Waals surface area contributed by atoms with Crippen molar-refractivity contribution in [1.82, 2.24) is 31.9 Å². The third kappa shape index (κ3) is 18.1. The molecule has 0 aliphatic rings. The van der Waals surface area contributed by atoms with Crippen LogP contribution in [0.3, 0.4) is 0 Å². The smallest absolute Gasteiger partial charge is 0.407 e. The van der Waals surface area contributed by atoms with Gasteiger partial charge in [0, 0.05) is 5.56 Å². The monoisotopic (exact) mass is 810 g/mol. The Hall–Kier alpha value is -5.67. The van der Waals surface area contributed by atoms with Crippen LogP contribution in [0.4, 0.5) is 9.59 Å². The van der Waals surface area contributed by atoms with Crippen molar-refractivity contribution >= 4 is 41.8 Å². The molecule has 0 unspecified atom stereocenters. The molecule has 0 bridgehead atoms. The Bertz CT molecular complexity index is 1720. The van der Waals surface area contributed by atoms with Gasteiger partial charge in [0.25, 0.3) is 5.91 Å². The van der Waals surface area contributed by atoms with Gasteiger partial charge in [0.05, 0.1) is 13.1 Å². The molecule has 0 aliphatic carbocycles. The number of carboxylic acid groups (broad SMARTS) is 1. The molecule has 7 N–H and O–H groups in total. The zero-order valence-corrected chi connectivity index (χ0v) is 35.4. The van der Waals surface area contributed by atoms with Crippen LogP contribution in [0.25, 0.3) is 11.1 Å². The number of aryl methyl sites for hydroxylation is 1. The van der Waals surface area contributed by atoms with Gasteiger partial charge < -0.3 is 46.5 Å². The molecule has 0 saturated carbocycles. The average molecular weight is 811 g/mol. The van der Waals surface area contributed by atoms with E-state index in [0.717, 1.165) is 30.4 Å². The molecule has 2 aromatic carbocycles. The first-order valence-corrected chi connectivity index (χ1v) is 19.6. The van der Waals surface area contributed by atoms with E-state index in [0.29, 0.717) is 0 Å². The minimum atomic E-state index is -1.55. The highest BCUT2D eigenvalue weighted by atomic mass is 16.6. The van der Waals surface area contributed by atoms with Crippen LogP contribution in [0.5, 0.6) is 0 Å². The van der Waals surface area contributed by atoms with Gasteiger partial charge in [0.15, 0.2) is 0 Å². The summed E-state index contributed by atoms with van der Waals surface area (Å²) in [6, 6.07) is 9.39. The molecule has 0 aliphatic heterocycles. The second-order valence-electron chi connectivity index (χ2n) is 16.5. The highest BCUT2D eigenvalue weighted by Gasteiger charge is 2.32. The predicted octanol–water partition coefficient (Wildman–Crippen LogP) is 4.45. The lowest BCUT2D eigenvalue weighted by molar-refractivity contribution is -0.142. The Labute approximate surface area is 341 Å². The van der Waals surface area contributed by atoms with Crippen LogP contribution in [0.15, 0.2) is 48.5 Å². The molecule has 0 heterocycles. The zero-order valence-electron chi connectivity index (χ0n) is 35.4. The number of carboxylic acids is 1. The van der Waals surface area contributed by atoms with E-state index in [1.807, 2.05) is 12.1 Å². The van der Waals surface area contributed by atoms with Crippen molar-refractivity contribution in [3.8, 4) is 11.1 Å². The zero-order chi connectivity index (χ0) is 43.8. The topological polar surface area (TPSA) is 230 Å². The number of ether oxygens (including phenoxy) is 2. The van der Waals surface area contributed by atoms with Gasteiger partial charge in [-0.3, -0.25) is 19.2 Å². The second-order valence-corrected chi connectivity index (χ2v) is 16.5. The number of nitrogens with one attached hydrogen (secondary N) is 6. The maximum absolute atomic E-state index is 13.9. The lowest BCUT2D eigenvalue weighted by atomic mass is 10.0. The number of hydrogen-bond donors (Lipinski definition) is 7. The Morgan fingerprint density at radius 1 is 0.621 bits per heavy atom. The Morgan fingerprint density at radius 2 is 1.07 bits per heavy atom. The second kappa shape index (κ2) is 22.3. The van der Waals surface area contributed by atoms with Gasteiger partial charge in [0.2, 0.25) is 17.7 Å². The molecule has 58 heavy (non-hydrogen) atoms. The maximum Gasteiger partial charge on any atom is 0.407 e. The van der Waals surface area contributed by atoms with E-state index >= 15 is 0 Å². The van der Waals surface area contributed by atoms with Crippen LogP contribution in [-0.4, -0.2) is 95.4 Å². The lowest BCUT2D eigenvalue weighted by Crippen LogP contribution is -2.61. The van der Waals surface area contributed by atoms with Crippen LogP contribution in [-0.2, 0) is 35.1 Å². The fourth-order valence-corrected chi connectivity index (χ4v) is 5.36. The molecule has 2 rings (SSSR count). The van der Waals surface area contributed by atoms with Crippen molar-refractivity contribution in [2.75, 3.05) is 13.1 Å². The third-order valence-corrected chi connectivity index (χ3v) is 8.28. The predicted molar refractivity (Wildman–Crippen MR) is 219 cm³/mol. The number of amides is 6. The normalized spacial score (nSPS) is 13.5. The summed E-state index contributed by atoms with van der Waals surface area (Å²) in [6.07, 6.45) is 1.55. The number of hydrogen-bond acceptors (Lipinski definition) is 9. The Morgan fingerprint density at radius 3 is 1.52 bits per heavy atom. The highest BCUT2D eigenvalue weighted by Crippen LogP contribution is 2.21. The van der Waals surface area contributed by atoms with Crippen molar-refractivity contribution in [3.63, 3.8) is 0 Å². The van der Waals surface area contributed by atoms with Gasteiger partial charge in [-0.2, -0.15) is 0 Å². The highest BCUT2D eigenvalue weighted by molar-refractivity contribution is 5.99. The maximum atomic E-state index is 13.9. The summed E-state index contributed by atoms with van der Waals surface area (Å²) in [4.78, 5) is 90.8. The summed E-state index contributed by atoms with van der Waals surface area (Å²) in [6.45, 7) is 15.9. The van der Waals surface area contributed by atoms with Gasteiger partial charge in [-0.25, -0.2) is 14.4 Å². The molecule has 2 aromatic rings. The standard InChI is InChI=1S/C42H62N6O10/c1-11-12-13-27-14-16-28(17-15-27)29-18-20-30(21-19-29)35(50)47-33(24-44-40(56)58-42(8,9)10)37(52)48-32(23-43-39(55)57-41(5,6)7)36(51)45-26(4)34(49)46-31(38(53)54)22-25(2)3/h14-21,25-26,31-33H,11-13,22-24H2,1-10H3,(H,43,55)(H,44,56)(H,45,51)(H,46,49)(H,47,50)(H,48,52)(H,53,54)/t26-,31-,32-,33-/m0/s1. The number of rotatable bonds is 19. The van der Waals surface area contributed by atoms with Crippen molar-refractivity contribution in [2.45, 2.75) is 130 Å². The van der Waals surface area contributed by atoms with Crippen molar-refractivity contribution in [1.29, 1.82) is 0 Å². The van der Waals surface area contributed by atoms with E-state index in [1.54, 1.807) is 79.7 Å². The average Bonchev–Trinajstić information content (AvgIpc) is 3.12.